The van der Waals surface area contributed by atoms with Gasteiger partial charge in [-0.15, -0.1) is 0 Å². The average molecular weight is 401 g/mol. The van der Waals surface area contributed by atoms with Crippen molar-refractivity contribution < 1.29 is 9.59 Å². The molecular weight excluding hydrogens is 376 g/mol. The number of benzene rings is 1. The van der Waals surface area contributed by atoms with Gasteiger partial charge >= 0.3 is 0 Å². The molecule has 1 atom stereocenters. The zero-order valence-electron chi connectivity index (χ0n) is 16.8. The van der Waals surface area contributed by atoms with Crippen molar-refractivity contribution in [1.29, 1.82) is 0 Å². The fourth-order valence-electron chi connectivity index (χ4n) is 4.35. The lowest BCUT2D eigenvalue weighted by Crippen LogP contribution is -2.47. The summed E-state index contributed by atoms with van der Waals surface area (Å²) in [5.74, 6) is 0.560. The Morgan fingerprint density at radius 2 is 1.96 bits per heavy atom. The van der Waals surface area contributed by atoms with E-state index in [2.05, 4.69) is 24.3 Å². The van der Waals surface area contributed by atoms with E-state index < -0.39 is 5.41 Å². The Hall–Kier alpha value is -2.34. The highest BCUT2D eigenvalue weighted by Gasteiger charge is 2.57. The van der Waals surface area contributed by atoms with E-state index in [1.807, 2.05) is 32.9 Å². The molecule has 0 aliphatic carbocycles. The summed E-state index contributed by atoms with van der Waals surface area (Å²) in [4.78, 5) is 28.4. The number of halogens is 1. The number of anilines is 2. The molecule has 2 aliphatic rings. The Bertz CT molecular complexity index is 989. The first-order chi connectivity index (χ1) is 13.1. The van der Waals surface area contributed by atoms with Crippen LogP contribution in [0.1, 0.15) is 52.2 Å². The van der Waals surface area contributed by atoms with Gasteiger partial charge in [0.05, 0.1) is 22.4 Å². The van der Waals surface area contributed by atoms with Gasteiger partial charge in [-0.25, -0.2) is 4.68 Å². The second-order valence-electron chi connectivity index (χ2n) is 9.07. The maximum atomic E-state index is 13.8. The van der Waals surface area contributed by atoms with Gasteiger partial charge in [0.25, 0.3) is 0 Å². The highest BCUT2D eigenvalue weighted by molar-refractivity contribution is 6.35. The minimum atomic E-state index is -1.09. The Balaban J connectivity index is 2.01. The molecule has 2 aromatic rings. The molecule has 28 heavy (non-hydrogen) atoms. The predicted octanol–water partition coefficient (Wildman–Crippen LogP) is 3.92. The zero-order chi connectivity index (χ0) is 20.4. The molecule has 2 aliphatic heterocycles. The molecule has 0 bridgehead atoms. The second kappa shape index (κ2) is 6.08. The number of nitrogens with zero attached hydrogens (tertiary/aromatic N) is 3. The molecule has 1 aromatic heterocycles. The predicted molar refractivity (Wildman–Crippen MR) is 110 cm³/mol. The number of carbonyl (C=O) groups is 2. The van der Waals surface area contributed by atoms with E-state index in [0.717, 1.165) is 11.1 Å². The Kier molecular flexibility index (Phi) is 4.12. The summed E-state index contributed by atoms with van der Waals surface area (Å²) in [6.45, 7) is 10.7. The van der Waals surface area contributed by atoms with E-state index in [4.69, 9.17) is 11.6 Å². The molecule has 1 spiro atoms. The number of aromatic nitrogens is 2. The quantitative estimate of drug-likeness (QED) is 0.830. The lowest BCUT2D eigenvalue weighted by atomic mass is 9.71. The van der Waals surface area contributed by atoms with Crippen molar-refractivity contribution in [3.63, 3.8) is 0 Å². The minimum Gasteiger partial charge on any atom is -0.311 e. The maximum absolute atomic E-state index is 13.8. The molecule has 0 saturated carbocycles. The SMILES string of the molecule is CC(C)CN1C(=O)C2(CC(=O)Nc3c2cnn3C(C)(C)C)c2cccc(Cl)c21. The molecule has 6 nitrogen and oxygen atoms in total. The van der Waals surface area contributed by atoms with Crippen molar-refractivity contribution in [2.24, 2.45) is 5.92 Å². The normalized spacial score (nSPS) is 21.3. The van der Waals surface area contributed by atoms with E-state index in [9.17, 15) is 9.59 Å². The van der Waals surface area contributed by atoms with Crippen LogP contribution < -0.4 is 10.2 Å². The second-order valence-corrected chi connectivity index (χ2v) is 9.47. The molecule has 1 aromatic carbocycles. The molecule has 3 heterocycles. The maximum Gasteiger partial charge on any atom is 0.242 e. The lowest BCUT2D eigenvalue weighted by molar-refractivity contribution is -0.126. The highest BCUT2D eigenvalue weighted by atomic mass is 35.5. The molecule has 0 saturated heterocycles. The van der Waals surface area contributed by atoms with E-state index in [-0.39, 0.29) is 29.7 Å². The Morgan fingerprint density at radius 3 is 2.61 bits per heavy atom. The van der Waals surface area contributed by atoms with E-state index in [1.165, 1.54) is 0 Å². The van der Waals surface area contributed by atoms with Gasteiger partial charge in [-0.05, 0) is 38.3 Å². The number of rotatable bonds is 2. The Morgan fingerprint density at radius 1 is 1.25 bits per heavy atom. The standard InChI is InChI=1S/C21H25ClN4O2/c1-12(2)11-25-17-13(7-6-8-15(17)22)21(19(25)28)9-16(27)24-18-14(21)10-23-26(18)20(3,4)5/h6-8,10,12H,9,11H2,1-5H3,(H,24,27). The van der Waals surface area contributed by atoms with Crippen molar-refractivity contribution in [3.8, 4) is 0 Å². The van der Waals surface area contributed by atoms with Crippen molar-refractivity contribution >= 4 is 34.9 Å². The van der Waals surface area contributed by atoms with E-state index in [0.29, 0.717) is 23.1 Å². The third-order valence-electron chi connectivity index (χ3n) is 5.42. The first-order valence-corrected chi connectivity index (χ1v) is 9.95. The van der Waals surface area contributed by atoms with Crippen molar-refractivity contribution in [2.45, 2.75) is 52.0 Å². The smallest absolute Gasteiger partial charge is 0.242 e. The number of hydrogen-bond donors (Lipinski definition) is 1. The van der Waals surface area contributed by atoms with Crippen LogP contribution in [0.2, 0.25) is 5.02 Å². The van der Waals surface area contributed by atoms with Crippen LogP contribution in [0, 0.1) is 5.92 Å². The molecule has 0 radical (unpaired) electrons. The molecule has 1 N–H and O–H groups in total. The third kappa shape index (κ3) is 2.50. The van der Waals surface area contributed by atoms with Gasteiger partial charge in [0.15, 0.2) is 0 Å². The van der Waals surface area contributed by atoms with Crippen molar-refractivity contribution in [3.05, 3.63) is 40.5 Å². The van der Waals surface area contributed by atoms with E-state index in [1.54, 1.807) is 21.8 Å². The largest absolute Gasteiger partial charge is 0.311 e. The first kappa shape index (κ1) is 19.0. The molecule has 4 rings (SSSR count). The lowest BCUT2D eigenvalue weighted by Gasteiger charge is -2.34. The van der Waals surface area contributed by atoms with Crippen LogP contribution in [0.25, 0.3) is 0 Å². The molecule has 148 valence electrons. The van der Waals surface area contributed by atoms with E-state index >= 15 is 0 Å². The van der Waals surface area contributed by atoms with Crippen LogP contribution in [0.15, 0.2) is 24.4 Å². The number of fused-ring (bicyclic) bond motifs is 4. The van der Waals surface area contributed by atoms with Gasteiger partial charge in [-0.1, -0.05) is 37.6 Å². The van der Waals surface area contributed by atoms with Gasteiger partial charge in [0, 0.05) is 18.5 Å². The van der Waals surface area contributed by atoms with Crippen LogP contribution >= 0.6 is 11.6 Å². The monoisotopic (exact) mass is 400 g/mol. The molecule has 1 unspecified atom stereocenters. The summed E-state index contributed by atoms with van der Waals surface area (Å²) >= 11 is 6.54. The fraction of sp³-hybridized carbons (Fsp3) is 0.476. The number of para-hydroxylation sites is 1. The minimum absolute atomic E-state index is 0.0522. The van der Waals surface area contributed by atoms with Crippen LogP contribution in [-0.2, 0) is 20.5 Å². The highest BCUT2D eigenvalue weighted by Crippen LogP contribution is 2.54. The summed E-state index contributed by atoms with van der Waals surface area (Å²) in [5.41, 5.74) is 0.815. The third-order valence-corrected chi connectivity index (χ3v) is 5.73. The molecule has 0 fully saturated rings. The topological polar surface area (TPSA) is 67.2 Å². The van der Waals surface area contributed by atoms with Gasteiger partial charge in [0.2, 0.25) is 11.8 Å². The van der Waals surface area contributed by atoms with Gasteiger partial charge in [-0.2, -0.15) is 5.10 Å². The van der Waals surface area contributed by atoms with Crippen molar-refractivity contribution in [1.82, 2.24) is 9.78 Å². The number of amides is 2. The molecular formula is C21H25ClN4O2. The number of hydrogen-bond acceptors (Lipinski definition) is 3. The average Bonchev–Trinajstić information content (AvgIpc) is 3.10. The van der Waals surface area contributed by atoms with Crippen molar-refractivity contribution in [2.75, 3.05) is 16.8 Å². The first-order valence-electron chi connectivity index (χ1n) is 9.57. The summed E-state index contributed by atoms with van der Waals surface area (Å²) < 4.78 is 1.78. The Labute approximate surface area is 169 Å². The summed E-state index contributed by atoms with van der Waals surface area (Å²) in [6, 6.07) is 5.55. The van der Waals surface area contributed by atoms with Gasteiger partial charge in [0.1, 0.15) is 11.2 Å². The van der Waals surface area contributed by atoms with Gasteiger partial charge < -0.3 is 10.2 Å². The zero-order valence-corrected chi connectivity index (χ0v) is 17.6. The van der Waals surface area contributed by atoms with Crippen LogP contribution in [0.3, 0.4) is 0 Å². The molecule has 7 heteroatoms. The van der Waals surface area contributed by atoms with Gasteiger partial charge in [-0.3, -0.25) is 9.59 Å². The summed E-state index contributed by atoms with van der Waals surface area (Å²) in [5, 5.41) is 8.01. The number of carbonyl (C=O) groups excluding carboxylic acids is 2. The molecule has 2 amide bonds. The van der Waals surface area contributed by atoms with Crippen LogP contribution in [0.4, 0.5) is 11.5 Å². The fourth-order valence-corrected chi connectivity index (χ4v) is 4.63. The summed E-state index contributed by atoms with van der Waals surface area (Å²) in [7, 11) is 0. The van der Waals surface area contributed by atoms with Crippen LogP contribution in [0.5, 0.6) is 0 Å². The number of nitrogens with one attached hydrogen (secondary N) is 1. The summed E-state index contributed by atoms with van der Waals surface area (Å²) in [6.07, 6.45) is 1.78. The van der Waals surface area contributed by atoms with Crippen LogP contribution in [-0.4, -0.2) is 28.1 Å².